The molecular weight excluding hydrogens is 412 g/mol. The number of nitrogens with one attached hydrogen (secondary N) is 1. The van der Waals surface area contributed by atoms with Crippen LogP contribution in [0.25, 0.3) is 0 Å². The van der Waals surface area contributed by atoms with Gasteiger partial charge in [0, 0.05) is 31.2 Å². The van der Waals surface area contributed by atoms with Crippen LogP contribution in [-0.4, -0.2) is 49.3 Å². The molecular formula is C14H16F3IN2O2. The lowest BCUT2D eigenvalue weighted by Gasteiger charge is -2.32. The molecule has 1 saturated heterocycles. The van der Waals surface area contributed by atoms with Crippen LogP contribution in [-0.2, 0) is 0 Å². The molecule has 0 aromatic heterocycles. The van der Waals surface area contributed by atoms with Gasteiger partial charge in [-0.05, 0) is 47.7 Å². The number of piperazine rings is 1. The molecule has 8 heteroatoms. The molecule has 122 valence electrons. The Morgan fingerprint density at radius 1 is 1.50 bits per heavy atom. The molecule has 1 fully saturated rings. The molecule has 1 aromatic rings. The lowest BCUT2D eigenvalue weighted by molar-refractivity contribution is -0.153. The first kappa shape index (κ1) is 17.3. The van der Waals surface area contributed by atoms with Crippen LogP contribution in [0.2, 0.25) is 0 Å². The number of carbonyl (C=O) groups excluding carboxylic acids is 1. The Hall–Kier alpha value is -1.03. The van der Waals surface area contributed by atoms with E-state index >= 15 is 0 Å². The van der Waals surface area contributed by atoms with Crippen LogP contribution in [0.5, 0.6) is 5.75 Å². The molecule has 0 radical (unpaired) electrons. The highest BCUT2D eigenvalue weighted by atomic mass is 127. The average Bonchev–Trinajstić information content (AvgIpc) is 2.44. The number of rotatable bonds is 3. The quantitative estimate of drug-likeness (QED) is 0.754. The maximum Gasteiger partial charge on any atom is 0.422 e. The molecule has 1 aliphatic heterocycles. The van der Waals surface area contributed by atoms with Crippen molar-refractivity contribution in [3.05, 3.63) is 27.3 Å². The zero-order chi connectivity index (χ0) is 16.3. The third-order valence-electron chi connectivity index (χ3n) is 3.23. The predicted octanol–water partition coefficient (Wildman–Crippen LogP) is 2.67. The van der Waals surface area contributed by atoms with Gasteiger partial charge in [0.25, 0.3) is 5.91 Å². The Kier molecular flexibility index (Phi) is 5.54. The molecule has 1 heterocycles. The summed E-state index contributed by atoms with van der Waals surface area (Å²) in [6, 6.07) is 4.70. The van der Waals surface area contributed by atoms with Gasteiger partial charge in [0.1, 0.15) is 5.75 Å². The van der Waals surface area contributed by atoms with Crippen molar-refractivity contribution in [1.82, 2.24) is 10.2 Å². The van der Waals surface area contributed by atoms with Gasteiger partial charge >= 0.3 is 6.18 Å². The first-order valence-electron chi connectivity index (χ1n) is 6.78. The second kappa shape index (κ2) is 7.03. The van der Waals surface area contributed by atoms with Gasteiger partial charge in [0.05, 0.1) is 3.57 Å². The Balaban J connectivity index is 2.06. The third kappa shape index (κ3) is 4.73. The molecule has 1 atom stereocenters. The Morgan fingerprint density at radius 3 is 2.82 bits per heavy atom. The Labute approximate surface area is 140 Å². The molecule has 1 amide bonds. The zero-order valence-electron chi connectivity index (χ0n) is 11.9. The second-order valence-corrected chi connectivity index (χ2v) is 6.32. The number of halogens is 4. The summed E-state index contributed by atoms with van der Waals surface area (Å²) < 4.78 is 41.7. The van der Waals surface area contributed by atoms with Crippen molar-refractivity contribution in [2.24, 2.45) is 0 Å². The van der Waals surface area contributed by atoms with E-state index in [0.29, 0.717) is 22.2 Å². The van der Waals surface area contributed by atoms with Gasteiger partial charge in [-0.25, -0.2) is 0 Å². The van der Waals surface area contributed by atoms with Crippen LogP contribution >= 0.6 is 22.6 Å². The minimum Gasteiger partial charge on any atom is -0.483 e. The molecule has 22 heavy (non-hydrogen) atoms. The molecule has 0 bridgehead atoms. The van der Waals surface area contributed by atoms with E-state index in [1.165, 1.54) is 12.1 Å². The van der Waals surface area contributed by atoms with E-state index in [1.807, 2.05) is 29.5 Å². The summed E-state index contributed by atoms with van der Waals surface area (Å²) in [5.41, 5.74) is 0.456. The minimum atomic E-state index is -4.38. The summed E-state index contributed by atoms with van der Waals surface area (Å²) in [5.74, 6) is 0.0109. The molecule has 4 nitrogen and oxygen atoms in total. The summed E-state index contributed by atoms with van der Waals surface area (Å²) in [6.07, 6.45) is -4.38. The van der Waals surface area contributed by atoms with Crippen molar-refractivity contribution < 1.29 is 22.7 Å². The standard InChI is InChI=1S/C14H16F3IN2O2/c1-9-7-20(5-4-19-9)13(21)10-2-3-12(11(18)6-10)22-8-14(15,16)17/h2-3,6,9,19H,4-5,7-8H2,1H3/t9-/m1/s1. The van der Waals surface area contributed by atoms with Gasteiger partial charge < -0.3 is 15.0 Å². The predicted molar refractivity (Wildman–Crippen MR) is 84.1 cm³/mol. The molecule has 0 spiro atoms. The highest BCUT2D eigenvalue weighted by Crippen LogP contribution is 2.25. The number of nitrogens with zero attached hydrogens (tertiary/aromatic N) is 1. The van der Waals surface area contributed by atoms with Gasteiger partial charge in [-0.15, -0.1) is 0 Å². The zero-order valence-corrected chi connectivity index (χ0v) is 14.1. The number of ether oxygens (including phenoxy) is 1. The third-order valence-corrected chi connectivity index (χ3v) is 4.07. The maximum atomic E-state index is 12.4. The van der Waals surface area contributed by atoms with E-state index < -0.39 is 12.8 Å². The number of carbonyl (C=O) groups is 1. The molecule has 1 aliphatic rings. The molecule has 0 aliphatic carbocycles. The summed E-state index contributed by atoms with van der Waals surface area (Å²) >= 11 is 1.87. The molecule has 0 unspecified atom stereocenters. The Morgan fingerprint density at radius 2 is 2.23 bits per heavy atom. The summed E-state index contributed by atoms with van der Waals surface area (Å²) in [6.45, 7) is 2.62. The van der Waals surface area contributed by atoms with Crippen LogP contribution in [0.15, 0.2) is 18.2 Å². The normalized spacial score (nSPS) is 19.1. The first-order valence-corrected chi connectivity index (χ1v) is 7.86. The van der Waals surface area contributed by atoms with E-state index in [1.54, 1.807) is 11.0 Å². The van der Waals surface area contributed by atoms with Crippen LogP contribution in [0.3, 0.4) is 0 Å². The van der Waals surface area contributed by atoms with E-state index in [0.717, 1.165) is 6.54 Å². The fourth-order valence-electron chi connectivity index (χ4n) is 2.21. The average molecular weight is 428 g/mol. The van der Waals surface area contributed by atoms with Crippen LogP contribution in [0.4, 0.5) is 13.2 Å². The van der Waals surface area contributed by atoms with Crippen LogP contribution < -0.4 is 10.1 Å². The molecule has 1 aromatic carbocycles. The van der Waals surface area contributed by atoms with Crippen molar-refractivity contribution in [2.45, 2.75) is 19.1 Å². The van der Waals surface area contributed by atoms with Crippen molar-refractivity contribution in [1.29, 1.82) is 0 Å². The van der Waals surface area contributed by atoms with Crippen LogP contribution in [0, 0.1) is 3.57 Å². The topological polar surface area (TPSA) is 41.6 Å². The van der Waals surface area contributed by atoms with Gasteiger partial charge in [-0.1, -0.05) is 0 Å². The largest absolute Gasteiger partial charge is 0.483 e. The number of amides is 1. The first-order chi connectivity index (χ1) is 10.3. The van der Waals surface area contributed by atoms with Crippen molar-refractivity contribution >= 4 is 28.5 Å². The molecule has 1 N–H and O–H groups in total. The number of hydrogen-bond acceptors (Lipinski definition) is 3. The number of benzene rings is 1. The smallest absolute Gasteiger partial charge is 0.422 e. The van der Waals surface area contributed by atoms with E-state index in [-0.39, 0.29) is 17.7 Å². The highest BCUT2D eigenvalue weighted by Gasteiger charge is 2.29. The SMILES string of the molecule is C[C@@H]1CN(C(=O)c2ccc(OCC(F)(F)F)c(I)c2)CCN1. The monoisotopic (exact) mass is 428 g/mol. The van der Waals surface area contributed by atoms with Gasteiger partial charge in [0.2, 0.25) is 0 Å². The maximum absolute atomic E-state index is 12.4. The summed E-state index contributed by atoms with van der Waals surface area (Å²) in [7, 11) is 0. The number of alkyl halides is 3. The lowest BCUT2D eigenvalue weighted by Crippen LogP contribution is -2.51. The minimum absolute atomic E-state index is 0.117. The van der Waals surface area contributed by atoms with Crippen molar-refractivity contribution in [3.8, 4) is 5.75 Å². The van der Waals surface area contributed by atoms with E-state index in [4.69, 9.17) is 4.74 Å². The second-order valence-electron chi connectivity index (χ2n) is 5.16. The van der Waals surface area contributed by atoms with E-state index in [9.17, 15) is 18.0 Å². The van der Waals surface area contributed by atoms with Crippen molar-refractivity contribution in [2.75, 3.05) is 26.2 Å². The summed E-state index contributed by atoms with van der Waals surface area (Å²) in [5, 5.41) is 3.25. The Bertz CT molecular complexity index is 551. The van der Waals surface area contributed by atoms with Crippen molar-refractivity contribution in [3.63, 3.8) is 0 Å². The fourth-order valence-corrected chi connectivity index (χ4v) is 2.88. The highest BCUT2D eigenvalue weighted by molar-refractivity contribution is 14.1. The molecule has 0 saturated carbocycles. The van der Waals surface area contributed by atoms with E-state index in [2.05, 4.69) is 5.32 Å². The molecule has 2 rings (SSSR count). The summed E-state index contributed by atoms with van der Waals surface area (Å²) in [4.78, 5) is 14.1. The fraction of sp³-hybridized carbons (Fsp3) is 0.500. The number of hydrogen-bond donors (Lipinski definition) is 1. The van der Waals surface area contributed by atoms with Gasteiger partial charge in [-0.3, -0.25) is 4.79 Å². The lowest BCUT2D eigenvalue weighted by atomic mass is 10.1. The van der Waals surface area contributed by atoms with Gasteiger partial charge in [0.15, 0.2) is 6.61 Å². The van der Waals surface area contributed by atoms with Gasteiger partial charge in [-0.2, -0.15) is 13.2 Å². The van der Waals surface area contributed by atoms with Crippen LogP contribution in [0.1, 0.15) is 17.3 Å².